The minimum Gasteiger partial charge on any atom is -0.454 e. The molecule has 1 aliphatic heterocycles. The second-order valence-corrected chi connectivity index (χ2v) is 6.57. The van der Waals surface area contributed by atoms with Crippen LogP contribution in [0.4, 0.5) is 0 Å². The highest BCUT2D eigenvalue weighted by atomic mass is 79.9. The predicted octanol–water partition coefficient (Wildman–Crippen LogP) is 2.85. The van der Waals surface area contributed by atoms with Gasteiger partial charge in [0.2, 0.25) is 6.79 Å². The number of nitrogens with one attached hydrogen (secondary N) is 1. The highest BCUT2D eigenvalue weighted by Crippen LogP contribution is 2.39. The molecule has 0 amide bonds. The van der Waals surface area contributed by atoms with Gasteiger partial charge >= 0.3 is 0 Å². The molecular weight excluding hydrogens is 320 g/mol. The van der Waals surface area contributed by atoms with E-state index < -0.39 is 0 Å². The number of benzene rings is 1. The zero-order valence-electron chi connectivity index (χ0n) is 12.6. The average Bonchev–Trinajstić information content (AvgIpc) is 2.82. The summed E-state index contributed by atoms with van der Waals surface area (Å²) in [6.07, 6.45) is 0. The van der Waals surface area contributed by atoms with Crippen molar-refractivity contribution in [1.82, 2.24) is 10.2 Å². The minimum atomic E-state index is 0.306. The largest absolute Gasteiger partial charge is 0.454 e. The molecular formula is C15H23BrN2O2. The van der Waals surface area contributed by atoms with Gasteiger partial charge in [-0.15, -0.1) is 0 Å². The van der Waals surface area contributed by atoms with Gasteiger partial charge in [0.25, 0.3) is 0 Å². The Balaban J connectivity index is 1.93. The molecule has 0 spiro atoms. The van der Waals surface area contributed by atoms with Crippen LogP contribution in [0.3, 0.4) is 0 Å². The number of nitrogens with zero attached hydrogens (tertiary/aromatic N) is 1. The maximum atomic E-state index is 5.44. The Morgan fingerprint density at radius 2 is 2.05 bits per heavy atom. The summed E-state index contributed by atoms with van der Waals surface area (Å²) in [7, 11) is 4.26. The van der Waals surface area contributed by atoms with E-state index in [4.69, 9.17) is 9.47 Å². The highest BCUT2D eigenvalue weighted by Gasteiger charge is 2.18. The van der Waals surface area contributed by atoms with E-state index in [9.17, 15) is 0 Å². The van der Waals surface area contributed by atoms with Crippen molar-refractivity contribution in [2.75, 3.05) is 27.4 Å². The normalized spacial score (nSPS) is 15.2. The molecule has 0 fully saturated rings. The van der Waals surface area contributed by atoms with Gasteiger partial charge in [0.05, 0.1) is 4.47 Å². The second kappa shape index (κ2) is 6.78. The molecule has 0 saturated carbocycles. The maximum absolute atomic E-state index is 5.44. The standard InChI is InChI=1S/C15H23BrN2O2/c1-10(2)13(18(3)4)8-17-7-11-5-12(16)15-14(6-11)19-9-20-15/h5-6,10,13,17H,7-9H2,1-4H3. The third-order valence-corrected chi connectivity index (χ3v) is 4.19. The van der Waals surface area contributed by atoms with Gasteiger partial charge in [0.1, 0.15) is 0 Å². The molecule has 0 bridgehead atoms. The number of likely N-dealkylation sites (N-methyl/N-ethyl adjacent to an activating group) is 1. The summed E-state index contributed by atoms with van der Waals surface area (Å²) in [5.41, 5.74) is 1.20. The lowest BCUT2D eigenvalue weighted by Crippen LogP contribution is -2.41. The Hall–Kier alpha value is -0.780. The Morgan fingerprint density at radius 1 is 1.30 bits per heavy atom. The molecule has 1 aromatic carbocycles. The molecule has 1 heterocycles. The summed E-state index contributed by atoms with van der Waals surface area (Å²) >= 11 is 3.52. The fourth-order valence-corrected chi connectivity index (χ4v) is 3.11. The van der Waals surface area contributed by atoms with Crippen molar-refractivity contribution in [1.29, 1.82) is 0 Å². The number of hydrogen-bond acceptors (Lipinski definition) is 4. The van der Waals surface area contributed by atoms with Crippen LogP contribution >= 0.6 is 15.9 Å². The third kappa shape index (κ3) is 3.65. The predicted molar refractivity (Wildman–Crippen MR) is 84.3 cm³/mol. The fraction of sp³-hybridized carbons (Fsp3) is 0.600. The van der Waals surface area contributed by atoms with Gasteiger partial charge < -0.3 is 19.7 Å². The Bertz CT molecular complexity index is 455. The molecule has 0 saturated heterocycles. The van der Waals surface area contributed by atoms with Crippen LogP contribution in [0.15, 0.2) is 16.6 Å². The molecule has 2 rings (SSSR count). The van der Waals surface area contributed by atoms with E-state index in [1.54, 1.807) is 0 Å². The molecule has 0 radical (unpaired) electrons. The number of ether oxygens (including phenoxy) is 2. The zero-order chi connectivity index (χ0) is 14.7. The van der Waals surface area contributed by atoms with Crippen molar-refractivity contribution in [2.45, 2.75) is 26.4 Å². The molecule has 1 aromatic rings. The third-order valence-electron chi connectivity index (χ3n) is 3.60. The molecule has 0 aromatic heterocycles. The second-order valence-electron chi connectivity index (χ2n) is 5.72. The Kier molecular flexibility index (Phi) is 5.29. The van der Waals surface area contributed by atoms with Gasteiger partial charge in [-0.1, -0.05) is 13.8 Å². The summed E-state index contributed by atoms with van der Waals surface area (Å²) in [5.74, 6) is 2.26. The fourth-order valence-electron chi connectivity index (χ4n) is 2.50. The van der Waals surface area contributed by atoms with Crippen molar-refractivity contribution in [3.63, 3.8) is 0 Å². The highest BCUT2D eigenvalue weighted by molar-refractivity contribution is 9.10. The number of rotatable bonds is 6. The van der Waals surface area contributed by atoms with Crippen LogP contribution in [0.5, 0.6) is 11.5 Å². The van der Waals surface area contributed by atoms with E-state index in [1.807, 2.05) is 6.07 Å². The van der Waals surface area contributed by atoms with Crippen LogP contribution in [0, 0.1) is 5.92 Å². The van der Waals surface area contributed by atoms with Gasteiger partial charge in [-0.2, -0.15) is 0 Å². The molecule has 112 valence electrons. The van der Waals surface area contributed by atoms with Crippen molar-refractivity contribution < 1.29 is 9.47 Å². The number of hydrogen-bond donors (Lipinski definition) is 1. The maximum Gasteiger partial charge on any atom is 0.231 e. The topological polar surface area (TPSA) is 33.7 Å². The van der Waals surface area contributed by atoms with E-state index in [0.29, 0.717) is 18.8 Å². The first-order chi connectivity index (χ1) is 9.49. The lowest BCUT2D eigenvalue weighted by atomic mass is 10.0. The average molecular weight is 343 g/mol. The molecule has 20 heavy (non-hydrogen) atoms. The van der Waals surface area contributed by atoms with Crippen LogP contribution in [0.1, 0.15) is 19.4 Å². The van der Waals surface area contributed by atoms with Crippen LogP contribution in [0.25, 0.3) is 0 Å². The summed E-state index contributed by atoms with van der Waals surface area (Å²) < 4.78 is 11.8. The van der Waals surface area contributed by atoms with Crippen LogP contribution in [-0.4, -0.2) is 38.4 Å². The first kappa shape index (κ1) is 15.6. The van der Waals surface area contributed by atoms with Crippen molar-refractivity contribution >= 4 is 15.9 Å². The first-order valence-electron chi connectivity index (χ1n) is 6.94. The minimum absolute atomic E-state index is 0.306. The van der Waals surface area contributed by atoms with Gasteiger partial charge in [0.15, 0.2) is 11.5 Å². The molecule has 5 heteroatoms. The molecule has 4 nitrogen and oxygen atoms in total. The van der Waals surface area contributed by atoms with E-state index in [0.717, 1.165) is 29.1 Å². The smallest absolute Gasteiger partial charge is 0.231 e. The van der Waals surface area contributed by atoms with Gasteiger partial charge in [0, 0.05) is 19.1 Å². The monoisotopic (exact) mass is 342 g/mol. The van der Waals surface area contributed by atoms with E-state index in [2.05, 4.69) is 60.2 Å². The molecule has 1 atom stereocenters. The van der Waals surface area contributed by atoms with Gasteiger partial charge in [-0.05, 0) is 53.6 Å². The Morgan fingerprint density at radius 3 is 2.70 bits per heavy atom. The summed E-state index contributed by atoms with van der Waals surface area (Å²) in [4.78, 5) is 2.27. The van der Waals surface area contributed by atoms with Crippen molar-refractivity contribution in [3.05, 3.63) is 22.2 Å². The SMILES string of the molecule is CC(C)C(CNCc1cc(Br)c2c(c1)OCO2)N(C)C. The quantitative estimate of drug-likeness (QED) is 0.861. The van der Waals surface area contributed by atoms with Crippen LogP contribution in [-0.2, 0) is 6.54 Å². The lowest BCUT2D eigenvalue weighted by Gasteiger charge is -2.28. The van der Waals surface area contributed by atoms with Crippen molar-refractivity contribution in [2.24, 2.45) is 5.92 Å². The lowest BCUT2D eigenvalue weighted by molar-refractivity contribution is 0.173. The molecule has 1 N–H and O–H groups in total. The number of halogens is 1. The first-order valence-corrected chi connectivity index (χ1v) is 7.73. The van der Waals surface area contributed by atoms with Gasteiger partial charge in [-0.25, -0.2) is 0 Å². The Labute approximate surface area is 129 Å². The van der Waals surface area contributed by atoms with Crippen molar-refractivity contribution in [3.8, 4) is 11.5 Å². The van der Waals surface area contributed by atoms with E-state index in [-0.39, 0.29) is 0 Å². The van der Waals surface area contributed by atoms with Gasteiger partial charge in [-0.3, -0.25) is 0 Å². The van der Waals surface area contributed by atoms with E-state index in [1.165, 1.54) is 5.56 Å². The number of fused-ring (bicyclic) bond motifs is 1. The van der Waals surface area contributed by atoms with Crippen LogP contribution in [0.2, 0.25) is 0 Å². The molecule has 0 aliphatic carbocycles. The molecule has 1 aliphatic rings. The van der Waals surface area contributed by atoms with E-state index >= 15 is 0 Å². The van der Waals surface area contributed by atoms with Crippen LogP contribution < -0.4 is 14.8 Å². The zero-order valence-corrected chi connectivity index (χ0v) is 14.2. The summed E-state index contributed by atoms with van der Waals surface area (Å²) in [6, 6.07) is 4.66. The summed E-state index contributed by atoms with van der Waals surface area (Å²) in [6.45, 7) is 6.61. The summed E-state index contributed by atoms with van der Waals surface area (Å²) in [5, 5.41) is 3.52. The molecule has 1 unspecified atom stereocenters.